The van der Waals surface area contributed by atoms with Crippen LogP contribution in [0.3, 0.4) is 0 Å². The Balaban J connectivity index is 1.53. The molecule has 2 fully saturated rings. The van der Waals surface area contributed by atoms with E-state index in [1.165, 1.54) is 17.0 Å². The number of carbonyl (C=O) groups is 2. The second-order valence-electron chi connectivity index (χ2n) is 5.99. The van der Waals surface area contributed by atoms with Gasteiger partial charge in [0.1, 0.15) is 11.9 Å². The van der Waals surface area contributed by atoms with Crippen LogP contribution in [0.15, 0.2) is 24.3 Å². The number of nitrogens with zero attached hydrogens (tertiary/aromatic N) is 3. The number of fused-ring (bicyclic) bond motifs is 1. The van der Waals surface area contributed by atoms with Gasteiger partial charge >= 0.3 is 6.03 Å². The monoisotopic (exact) mass is 305 g/mol. The van der Waals surface area contributed by atoms with Crippen LogP contribution in [0.5, 0.6) is 0 Å². The van der Waals surface area contributed by atoms with Crippen molar-refractivity contribution in [2.75, 3.05) is 26.7 Å². The van der Waals surface area contributed by atoms with Gasteiger partial charge < -0.3 is 9.80 Å². The molecule has 118 valence electrons. The number of rotatable bonds is 5. The second kappa shape index (κ2) is 6.04. The molecule has 3 amide bonds. The molecular formula is C16H20FN3O2. The van der Waals surface area contributed by atoms with E-state index in [2.05, 4.69) is 0 Å². The lowest BCUT2D eigenvalue weighted by molar-refractivity contribution is -0.128. The SMILES string of the molecule is CN(CCN1C(=O)[C@H]2CCCN2C1=O)Cc1ccc(F)cc1. The number of likely N-dealkylation sites (N-methyl/N-ethyl adjacent to an activating group) is 1. The molecule has 1 aromatic carbocycles. The van der Waals surface area contributed by atoms with E-state index in [4.69, 9.17) is 0 Å². The minimum atomic E-state index is -0.250. The molecule has 0 N–H and O–H groups in total. The molecule has 2 aliphatic rings. The summed E-state index contributed by atoms with van der Waals surface area (Å²) in [6, 6.07) is 5.98. The van der Waals surface area contributed by atoms with E-state index in [-0.39, 0.29) is 23.8 Å². The number of hydrogen-bond donors (Lipinski definition) is 0. The molecule has 0 aliphatic carbocycles. The molecule has 2 saturated heterocycles. The Hall–Kier alpha value is -1.95. The van der Waals surface area contributed by atoms with Crippen molar-refractivity contribution in [1.82, 2.24) is 14.7 Å². The van der Waals surface area contributed by atoms with Crippen molar-refractivity contribution < 1.29 is 14.0 Å². The number of carbonyl (C=O) groups excluding carboxylic acids is 2. The maximum atomic E-state index is 12.9. The van der Waals surface area contributed by atoms with E-state index in [1.807, 2.05) is 11.9 Å². The van der Waals surface area contributed by atoms with Crippen molar-refractivity contribution >= 4 is 11.9 Å². The minimum Gasteiger partial charge on any atom is -0.312 e. The van der Waals surface area contributed by atoms with E-state index < -0.39 is 0 Å². The van der Waals surface area contributed by atoms with Gasteiger partial charge in [0.25, 0.3) is 5.91 Å². The Kier molecular flexibility index (Phi) is 4.11. The molecule has 2 aliphatic heterocycles. The maximum absolute atomic E-state index is 12.9. The molecule has 1 aromatic rings. The summed E-state index contributed by atoms with van der Waals surface area (Å²) in [5.74, 6) is -0.307. The van der Waals surface area contributed by atoms with Crippen LogP contribution in [-0.2, 0) is 11.3 Å². The molecule has 2 heterocycles. The van der Waals surface area contributed by atoms with Crippen LogP contribution < -0.4 is 0 Å². The molecule has 22 heavy (non-hydrogen) atoms. The standard InChI is InChI=1S/C16H20FN3O2/c1-18(11-12-4-6-13(17)7-5-12)9-10-20-15(21)14-3-2-8-19(14)16(20)22/h4-7,14H,2-3,8-11H2,1H3/t14-/m1/s1. The molecule has 0 unspecified atom stereocenters. The predicted octanol–water partition coefficient (Wildman–Crippen LogP) is 1.68. The van der Waals surface area contributed by atoms with Gasteiger partial charge in [-0.15, -0.1) is 0 Å². The molecule has 6 heteroatoms. The van der Waals surface area contributed by atoms with E-state index in [0.717, 1.165) is 18.4 Å². The fourth-order valence-corrected chi connectivity index (χ4v) is 3.14. The first kappa shape index (κ1) is 15.0. The van der Waals surface area contributed by atoms with Crippen molar-refractivity contribution in [3.8, 4) is 0 Å². The Bertz CT molecular complexity index is 553. The molecular weight excluding hydrogens is 285 g/mol. The highest BCUT2D eigenvalue weighted by atomic mass is 19.1. The summed E-state index contributed by atoms with van der Waals surface area (Å²) in [4.78, 5) is 29.5. The van der Waals surface area contributed by atoms with Crippen LogP contribution >= 0.6 is 0 Å². The summed E-state index contributed by atoms with van der Waals surface area (Å²) in [5, 5.41) is 0. The summed E-state index contributed by atoms with van der Waals surface area (Å²) in [6.45, 7) is 2.36. The van der Waals surface area contributed by atoms with Gasteiger partial charge in [-0.05, 0) is 37.6 Å². The highest BCUT2D eigenvalue weighted by Crippen LogP contribution is 2.27. The van der Waals surface area contributed by atoms with Gasteiger partial charge in [0.05, 0.1) is 0 Å². The van der Waals surface area contributed by atoms with E-state index in [1.54, 1.807) is 17.0 Å². The highest BCUT2D eigenvalue weighted by molar-refractivity contribution is 6.04. The van der Waals surface area contributed by atoms with Gasteiger partial charge in [0.15, 0.2) is 0 Å². The molecule has 0 spiro atoms. The van der Waals surface area contributed by atoms with Crippen LogP contribution in [0.4, 0.5) is 9.18 Å². The van der Waals surface area contributed by atoms with Crippen LogP contribution in [-0.4, -0.2) is 59.4 Å². The van der Waals surface area contributed by atoms with Gasteiger partial charge in [-0.2, -0.15) is 0 Å². The van der Waals surface area contributed by atoms with Crippen LogP contribution in [0.2, 0.25) is 0 Å². The predicted molar refractivity (Wildman–Crippen MR) is 79.6 cm³/mol. The van der Waals surface area contributed by atoms with E-state index in [9.17, 15) is 14.0 Å². The normalized spacial score (nSPS) is 21.1. The third-order valence-corrected chi connectivity index (χ3v) is 4.35. The molecule has 0 saturated carbocycles. The third kappa shape index (κ3) is 2.83. The summed E-state index contributed by atoms with van der Waals surface area (Å²) in [5.41, 5.74) is 1.00. The fourth-order valence-electron chi connectivity index (χ4n) is 3.14. The van der Waals surface area contributed by atoms with Crippen LogP contribution in [0.1, 0.15) is 18.4 Å². The summed E-state index contributed by atoms with van der Waals surface area (Å²) < 4.78 is 12.9. The first-order chi connectivity index (χ1) is 10.6. The zero-order chi connectivity index (χ0) is 15.7. The highest BCUT2D eigenvalue weighted by Gasteiger charge is 2.46. The van der Waals surface area contributed by atoms with Crippen molar-refractivity contribution in [1.29, 1.82) is 0 Å². The van der Waals surface area contributed by atoms with Crippen molar-refractivity contribution in [2.24, 2.45) is 0 Å². The fraction of sp³-hybridized carbons (Fsp3) is 0.500. The maximum Gasteiger partial charge on any atom is 0.327 e. The lowest BCUT2D eigenvalue weighted by atomic mass is 10.2. The summed E-state index contributed by atoms with van der Waals surface area (Å²) in [6.07, 6.45) is 1.70. The van der Waals surface area contributed by atoms with Crippen molar-refractivity contribution in [3.63, 3.8) is 0 Å². The third-order valence-electron chi connectivity index (χ3n) is 4.35. The minimum absolute atomic E-state index is 0.0577. The topological polar surface area (TPSA) is 43.9 Å². The molecule has 3 rings (SSSR count). The second-order valence-corrected chi connectivity index (χ2v) is 5.99. The average molecular weight is 305 g/mol. The van der Waals surface area contributed by atoms with Gasteiger partial charge in [0.2, 0.25) is 0 Å². The number of imide groups is 1. The molecule has 0 bridgehead atoms. The lowest BCUT2D eigenvalue weighted by Gasteiger charge is -2.21. The smallest absolute Gasteiger partial charge is 0.312 e. The van der Waals surface area contributed by atoms with Crippen LogP contribution in [0.25, 0.3) is 0 Å². The number of urea groups is 1. The van der Waals surface area contributed by atoms with Crippen molar-refractivity contribution in [3.05, 3.63) is 35.6 Å². The Morgan fingerprint density at radius 2 is 2.00 bits per heavy atom. The van der Waals surface area contributed by atoms with Gasteiger partial charge in [0, 0.05) is 26.2 Å². The zero-order valence-electron chi connectivity index (χ0n) is 12.7. The summed E-state index contributed by atoms with van der Waals surface area (Å²) in [7, 11) is 1.93. The lowest BCUT2D eigenvalue weighted by Crippen LogP contribution is -2.38. The first-order valence-electron chi connectivity index (χ1n) is 7.61. The molecule has 0 aromatic heterocycles. The molecule has 0 radical (unpaired) electrons. The largest absolute Gasteiger partial charge is 0.327 e. The first-order valence-corrected chi connectivity index (χ1v) is 7.61. The van der Waals surface area contributed by atoms with E-state index >= 15 is 0 Å². The quantitative estimate of drug-likeness (QED) is 0.778. The Morgan fingerprint density at radius 1 is 1.27 bits per heavy atom. The Morgan fingerprint density at radius 3 is 2.68 bits per heavy atom. The number of amides is 3. The zero-order valence-corrected chi connectivity index (χ0v) is 12.7. The average Bonchev–Trinajstić information content (AvgIpc) is 3.05. The number of halogens is 1. The van der Waals surface area contributed by atoms with Crippen LogP contribution in [0, 0.1) is 5.82 Å². The number of benzene rings is 1. The molecule has 5 nitrogen and oxygen atoms in total. The van der Waals surface area contributed by atoms with Gasteiger partial charge in [-0.25, -0.2) is 9.18 Å². The molecule has 1 atom stereocenters. The van der Waals surface area contributed by atoms with Crippen molar-refractivity contribution in [2.45, 2.75) is 25.4 Å². The Labute approximate surface area is 129 Å². The number of hydrogen-bond acceptors (Lipinski definition) is 3. The summed E-state index contributed by atoms with van der Waals surface area (Å²) >= 11 is 0. The van der Waals surface area contributed by atoms with Gasteiger partial charge in [-0.3, -0.25) is 9.69 Å². The van der Waals surface area contributed by atoms with E-state index in [0.29, 0.717) is 26.2 Å². The van der Waals surface area contributed by atoms with Gasteiger partial charge in [-0.1, -0.05) is 12.1 Å².